The van der Waals surface area contributed by atoms with E-state index < -0.39 is 23.6 Å². The zero-order valence-electron chi connectivity index (χ0n) is 25.0. The summed E-state index contributed by atoms with van der Waals surface area (Å²) in [6, 6.07) is 13.6. The minimum Gasteiger partial charge on any atom is -0.496 e. The second-order valence-electron chi connectivity index (χ2n) is 10.9. The predicted molar refractivity (Wildman–Crippen MR) is 161 cm³/mol. The Kier molecular flexibility index (Phi) is 9.77. The molecule has 0 fully saturated rings. The van der Waals surface area contributed by atoms with E-state index in [2.05, 4.69) is 5.32 Å². The second kappa shape index (κ2) is 13.3. The first-order chi connectivity index (χ1) is 20.4. The van der Waals surface area contributed by atoms with Crippen molar-refractivity contribution in [2.75, 3.05) is 37.6 Å². The average Bonchev–Trinajstić information content (AvgIpc) is 2.95. The molecule has 1 unspecified atom stereocenters. The predicted octanol–water partition coefficient (Wildman–Crippen LogP) is 4.53. The lowest BCUT2D eigenvalue weighted by molar-refractivity contribution is -0.146. The van der Waals surface area contributed by atoms with Crippen molar-refractivity contribution in [1.29, 1.82) is 0 Å². The Bertz CT molecular complexity index is 1490. The van der Waals surface area contributed by atoms with E-state index >= 15 is 0 Å². The van der Waals surface area contributed by atoms with E-state index in [0.29, 0.717) is 29.4 Å². The van der Waals surface area contributed by atoms with Gasteiger partial charge in [-0.1, -0.05) is 12.1 Å². The van der Waals surface area contributed by atoms with E-state index in [1.807, 2.05) is 39.0 Å². The highest BCUT2D eigenvalue weighted by molar-refractivity contribution is 6.08. The second-order valence-corrected chi connectivity index (χ2v) is 10.9. The number of fused-ring (bicyclic) bond motifs is 1. The summed E-state index contributed by atoms with van der Waals surface area (Å²) in [5.74, 6) is 0.386. The number of likely N-dealkylation sites (N-methyl/N-ethyl adjacent to an activating group) is 1. The van der Waals surface area contributed by atoms with Gasteiger partial charge in [-0.15, -0.1) is 0 Å². The zero-order valence-corrected chi connectivity index (χ0v) is 25.0. The number of halogens is 1. The molecule has 230 valence electrons. The summed E-state index contributed by atoms with van der Waals surface area (Å²) >= 11 is 0. The van der Waals surface area contributed by atoms with Gasteiger partial charge in [-0.2, -0.15) is 0 Å². The Balaban J connectivity index is 1.63. The molecule has 0 aliphatic carbocycles. The first kappa shape index (κ1) is 31.6. The summed E-state index contributed by atoms with van der Waals surface area (Å²) in [6.45, 7) is 5.95. The molecule has 1 atom stereocenters. The van der Waals surface area contributed by atoms with E-state index in [0.717, 1.165) is 27.9 Å². The number of amides is 1. The Morgan fingerprint density at radius 3 is 2.53 bits per heavy atom. The molecule has 11 heteroatoms. The van der Waals surface area contributed by atoms with Crippen LogP contribution in [0.5, 0.6) is 17.2 Å². The van der Waals surface area contributed by atoms with E-state index in [9.17, 15) is 14.0 Å². The number of hydrogen-bond donors (Lipinski definition) is 3. The monoisotopic (exact) mass is 595 g/mol. The highest BCUT2D eigenvalue weighted by Gasteiger charge is 2.38. The number of rotatable bonds is 12. The van der Waals surface area contributed by atoms with Crippen LogP contribution in [0, 0.1) is 12.7 Å². The molecular formula is C32H38FN3O7. The van der Waals surface area contributed by atoms with Gasteiger partial charge in [-0.3, -0.25) is 9.59 Å². The minimum atomic E-state index is -1.24. The molecule has 0 radical (unpaired) electrons. The molecule has 0 spiro atoms. The maximum absolute atomic E-state index is 14.0. The number of aliphatic hydroxyl groups is 1. The quantitative estimate of drug-likeness (QED) is 0.157. The number of hydrogen-bond acceptors (Lipinski definition) is 9. The van der Waals surface area contributed by atoms with Gasteiger partial charge in [0.1, 0.15) is 41.4 Å². The minimum absolute atomic E-state index is 0.0594. The molecular weight excluding hydrogens is 557 g/mol. The van der Waals surface area contributed by atoms with Crippen molar-refractivity contribution in [2.45, 2.75) is 52.0 Å². The summed E-state index contributed by atoms with van der Waals surface area (Å²) in [5.41, 5.74) is 8.82. The lowest BCUT2D eigenvalue weighted by atomic mass is 9.91. The average molecular weight is 596 g/mol. The maximum atomic E-state index is 14.0. The number of nitrogens with zero attached hydrogens (tertiary/aromatic N) is 1. The number of nitrogens with one attached hydrogen (secondary N) is 1. The van der Waals surface area contributed by atoms with Gasteiger partial charge in [-0.05, 0) is 56.2 Å². The van der Waals surface area contributed by atoms with Crippen molar-refractivity contribution in [3.63, 3.8) is 0 Å². The smallest absolute Gasteiger partial charge is 0.309 e. The maximum Gasteiger partial charge on any atom is 0.309 e. The third-order valence-electron chi connectivity index (χ3n) is 7.09. The van der Waals surface area contributed by atoms with Crippen molar-refractivity contribution < 1.29 is 38.0 Å². The van der Waals surface area contributed by atoms with Gasteiger partial charge < -0.3 is 40.0 Å². The molecule has 3 aromatic rings. The molecule has 3 aromatic carbocycles. The normalized spacial score (nSPS) is 14.4. The zero-order chi connectivity index (χ0) is 31.3. The number of carbonyl (C=O) groups is 2. The Labute approximate surface area is 250 Å². The topological polar surface area (TPSA) is 133 Å². The highest BCUT2D eigenvalue weighted by Crippen LogP contribution is 2.45. The third kappa shape index (κ3) is 7.36. The summed E-state index contributed by atoms with van der Waals surface area (Å²) in [5, 5.41) is 12.4. The van der Waals surface area contributed by atoms with Gasteiger partial charge in [0.15, 0.2) is 0 Å². The number of methoxy groups -OCH3 is 1. The SMILES string of the molecule is COc1cc(OCCCOC(=O)CC(N)O)ccc1-c1ccc2c(c1COc1cc(F)ccc1C)N(C)C(=O)C(C)(C)N2. The van der Waals surface area contributed by atoms with Crippen molar-refractivity contribution in [3.8, 4) is 28.4 Å². The summed E-state index contributed by atoms with van der Waals surface area (Å²) < 4.78 is 36.8. The number of aliphatic hydroxyl groups excluding tert-OH is 1. The van der Waals surface area contributed by atoms with Crippen LogP contribution in [0.15, 0.2) is 48.5 Å². The van der Waals surface area contributed by atoms with Gasteiger partial charge in [0, 0.05) is 36.7 Å². The fourth-order valence-electron chi connectivity index (χ4n) is 4.96. The Hall–Kier alpha value is -4.35. The number of ether oxygens (including phenoxy) is 4. The molecule has 10 nitrogen and oxygen atoms in total. The number of esters is 1. The van der Waals surface area contributed by atoms with Crippen LogP contribution in [-0.2, 0) is 20.9 Å². The number of nitrogens with two attached hydrogens (primary N) is 1. The first-order valence-electron chi connectivity index (χ1n) is 13.9. The number of anilines is 2. The lowest BCUT2D eigenvalue weighted by Crippen LogP contribution is -2.52. The molecule has 0 saturated carbocycles. The van der Waals surface area contributed by atoms with Crippen LogP contribution in [-0.4, -0.2) is 56.1 Å². The Morgan fingerprint density at radius 1 is 1.07 bits per heavy atom. The van der Waals surface area contributed by atoms with Crippen LogP contribution >= 0.6 is 0 Å². The number of aryl methyl sites for hydroxylation is 1. The van der Waals surface area contributed by atoms with Crippen LogP contribution in [0.25, 0.3) is 11.1 Å². The Morgan fingerprint density at radius 2 is 1.81 bits per heavy atom. The third-order valence-corrected chi connectivity index (χ3v) is 7.09. The highest BCUT2D eigenvalue weighted by atomic mass is 19.1. The summed E-state index contributed by atoms with van der Waals surface area (Å²) in [7, 11) is 3.28. The molecule has 1 amide bonds. The van der Waals surface area contributed by atoms with E-state index in [1.165, 1.54) is 12.1 Å². The number of carbonyl (C=O) groups excluding carboxylic acids is 2. The van der Waals surface area contributed by atoms with Gasteiger partial charge in [0.25, 0.3) is 5.91 Å². The molecule has 0 saturated heterocycles. The van der Waals surface area contributed by atoms with Crippen LogP contribution in [0.4, 0.5) is 15.8 Å². The molecule has 1 aliphatic heterocycles. The van der Waals surface area contributed by atoms with Crippen LogP contribution in [0.1, 0.15) is 37.8 Å². The van der Waals surface area contributed by atoms with Crippen molar-refractivity contribution >= 4 is 23.3 Å². The van der Waals surface area contributed by atoms with Gasteiger partial charge >= 0.3 is 5.97 Å². The molecule has 0 aromatic heterocycles. The van der Waals surface area contributed by atoms with Gasteiger partial charge in [0.2, 0.25) is 0 Å². The summed E-state index contributed by atoms with van der Waals surface area (Å²) in [6.07, 6.45) is -1.08. The fourth-order valence-corrected chi connectivity index (χ4v) is 4.96. The molecule has 0 bridgehead atoms. The van der Waals surface area contributed by atoms with E-state index in [1.54, 1.807) is 37.3 Å². The van der Waals surface area contributed by atoms with Crippen molar-refractivity contribution in [3.05, 3.63) is 65.5 Å². The summed E-state index contributed by atoms with van der Waals surface area (Å²) in [4.78, 5) is 26.4. The first-order valence-corrected chi connectivity index (χ1v) is 13.9. The molecule has 4 rings (SSSR count). The lowest BCUT2D eigenvalue weighted by Gasteiger charge is -2.39. The van der Waals surface area contributed by atoms with E-state index in [-0.39, 0.29) is 32.1 Å². The fraction of sp³-hybridized carbons (Fsp3) is 0.375. The van der Waals surface area contributed by atoms with E-state index in [4.69, 9.17) is 29.8 Å². The largest absolute Gasteiger partial charge is 0.496 e. The molecule has 43 heavy (non-hydrogen) atoms. The van der Waals surface area contributed by atoms with Crippen molar-refractivity contribution in [2.24, 2.45) is 5.73 Å². The standard InChI is InChI=1S/C32H38FN3O7/c1-19-7-8-20(33)15-26(19)43-18-24-22(11-12-25-30(24)36(4)31(39)32(2,3)35-25)23-10-9-21(16-27(23)40-5)41-13-6-14-42-29(38)17-28(34)37/h7-12,15-16,28,35,37H,6,13-14,17-18,34H2,1-5H3. The molecule has 1 heterocycles. The van der Waals surface area contributed by atoms with Gasteiger partial charge in [-0.25, -0.2) is 4.39 Å². The van der Waals surface area contributed by atoms with Crippen LogP contribution < -0.4 is 30.2 Å². The van der Waals surface area contributed by atoms with Crippen LogP contribution in [0.2, 0.25) is 0 Å². The molecule has 1 aliphatic rings. The number of benzene rings is 3. The molecule has 4 N–H and O–H groups in total. The van der Waals surface area contributed by atoms with Crippen LogP contribution in [0.3, 0.4) is 0 Å². The van der Waals surface area contributed by atoms with Crippen molar-refractivity contribution in [1.82, 2.24) is 0 Å². The van der Waals surface area contributed by atoms with Gasteiger partial charge in [0.05, 0.1) is 38.1 Å².